The molecule has 1 aromatic rings. The van der Waals surface area contributed by atoms with E-state index >= 15 is 0 Å². The first-order valence-electron chi connectivity index (χ1n) is 9.50. The van der Waals surface area contributed by atoms with Crippen LogP contribution in [0.5, 0.6) is 0 Å². The molecule has 0 radical (unpaired) electrons. The van der Waals surface area contributed by atoms with Crippen molar-refractivity contribution in [2.24, 2.45) is 5.92 Å². The summed E-state index contributed by atoms with van der Waals surface area (Å²) in [6.45, 7) is 1.91. The van der Waals surface area contributed by atoms with Crippen LogP contribution in [0.3, 0.4) is 0 Å². The number of rotatable bonds is 7. The summed E-state index contributed by atoms with van der Waals surface area (Å²) in [6, 6.07) is 6.66. The molecule has 1 fully saturated rings. The van der Waals surface area contributed by atoms with Gasteiger partial charge in [-0.1, -0.05) is 26.0 Å². The fraction of sp³-hybridized carbons (Fsp3) is 0.579. The van der Waals surface area contributed by atoms with Crippen molar-refractivity contribution < 1.29 is 35.9 Å². The number of carbonyl (C=O) groups is 2. The third kappa shape index (κ3) is 6.69. The molecule has 1 aromatic carbocycles. The number of alkyl halides is 3. The average Bonchev–Trinajstić information content (AvgIpc) is 2.70. The molecule has 1 aliphatic heterocycles. The first-order chi connectivity index (χ1) is 13.9. The Kier molecular flexibility index (Phi) is 7.87. The molecule has 0 atom stereocenters. The number of sulfonamides is 1. The number of halogens is 3. The molecule has 0 aliphatic carbocycles. The number of nitrogens with one attached hydrogen (secondary N) is 1. The average molecular weight is 450 g/mol. The molecule has 168 valence electrons. The second kappa shape index (κ2) is 9.78. The summed E-state index contributed by atoms with van der Waals surface area (Å²) in [4.78, 5) is 23.5. The molecule has 0 aromatic heterocycles. The quantitative estimate of drug-likeness (QED) is 0.644. The van der Waals surface area contributed by atoms with Crippen LogP contribution < -0.4 is 5.32 Å². The highest BCUT2D eigenvalue weighted by molar-refractivity contribution is 7.89. The molecule has 0 bridgehead atoms. The van der Waals surface area contributed by atoms with Crippen LogP contribution in [0.1, 0.15) is 38.2 Å². The van der Waals surface area contributed by atoms with Gasteiger partial charge in [0, 0.05) is 13.1 Å². The number of hydrogen-bond acceptors (Lipinski definition) is 5. The molecule has 1 amide bonds. The van der Waals surface area contributed by atoms with Crippen LogP contribution in [-0.4, -0.2) is 57.0 Å². The lowest BCUT2D eigenvalue weighted by atomic mass is 9.98. The van der Waals surface area contributed by atoms with Gasteiger partial charge < -0.3 is 10.1 Å². The van der Waals surface area contributed by atoms with E-state index in [1.165, 1.54) is 4.31 Å². The first-order valence-corrected chi connectivity index (χ1v) is 10.9. The van der Waals surface area contributed by atoms with E-state index in [0.717, 1.165) is 5.56 Å². The summed E-state index contributed by atoms with van der Waals surface area (Å²) < 4.78 is 67.7. The second-order valence-electron chi connectivity index (χ2n) is 7.40. The molecule has 0 spiro atoms. The lowest BCUT2D eigenvalue weighted by Crippen LogP contribution is -2.41. The molecule has 0 unspecified atom stereocenters. The largest absolute Gasteiger partial charge is 0.455 e. The van der Waals surface area contributed by atoms with Gasteiger partial charge in [0.2, 0.25) is 10.0 Å². The topological polar surface area (TPSA) is 92.8 Å². The third-order valence-corrected chi connectivity index (χ3v) is 6.72. The highest BCUT2D eigenvalue weighted by Gasteiger charge is 2.33. The maximum atomic E-state index is 12.8. The number of esters is 1. The molecule has 11 heteroatoms. The Morgan fingerprint density at radius 3 is 2.23 bits per heavy atom. The van der Waals surface area contributed by atoms with E-state index in [-0.39, 0.29) is 36.7 Å². The first kappa shape index (κ1) is 24.1. The molecule has 1 heterocycles. The van der Waals surface area contributed by atoms with Crippen LogP contribution in [0.25, 0.3) is 0 Å². The predicted octanol–water partition coefficient (Wildman–Crippen LogP) is 2.43. The maximum Gasteiger partial charge on any atom is 0.405 e. The highest BCUT2D eigenvalue weighted by atomic mass is 32.2. The van der Waals surface area contributed by atoms with Gasteiger partial charge in [-0.2, -0.15) is 17.5 Å². The van der Waals surface area contributed by atoms with Crippen molar-refractivity contribution in [1.82, 2.24) is 9.62 Å². The predicted molar refractivity (Wildman–Crippen MR) is 102 cm³/mol. The van der Waals surface area contributed by atoms with Crippen molar-refractivity contribution in [2.45, 2.75) is 43.7 Å². The van der Waals surface area contributed by atoms with Crippen LogP contribution in [0, 0.1) is 5.92 Å². The smallest absolute Gasteiger partial charge is 0.405 e. The lowest BCUT2D eigenvalue weighted by molar-refractivity contribution is -0.155. The summed E-state index contributed by atoms with van der Waals surface area (Å²) in [7, 11) is -3.69. The van der Waals surface area contributed by atoms with E-state index < -0.39 is 47.1 Å². The Labute approximate surface area is 173 Å². The van der Waals surface area contributed by atoms with Crippen molar-refractivity contribution in [3.8, 4) is 0 Å². The highest BCUT2D eigenvalue weighted by Crippen LogP contribution is 2.26. The molecule has 30 heavy (non-hydrogen) atoms. The summed E-state index contributed by atoms with van der Waals surface area (Å²) in [5.41, 5.74) is 1.02. The monoisotopic (exact) mass is 450 g/mol. The molecular weight excluding hydrogens is 425 g/mol. The Balaban J connectivity index is 1.84. The van der Waals surface area contributed by atoms with Crippen LogP contribution in [0.15, 0.2) is 29.2 Å². The van der Waals surface area contributed by atoms with E-state index in [1.807, 2.05) is 13.8 Å². The number of carbonyl (C=O) groups excluding carboxylic acids is 2. The van der Waals surface area contributed by atoms with Gasteiger partial charge in [-0.05, 0) is 36.5 Å². The number of amides is 1. The summed E-state index contributed by atoms with van der Waals surface area (Å²) in [6.07, 6.45) is -4.15. The van der Waals surface area contributed by atoms with Crippen molar-refractivity contribution in [1.29, 1.82) is 0 Å². The summed E-state index contributed by atoms with van der Waals surface area (Å²) in [5.74, 6) is -2.12. The van der Waals surface area contributed by atoms with Crippen molar-refractivity contribution >= 4 is 21.9 Å². The summed E-state index contributed by atoms with van der Waals surface area (Å²) in [5, 5.41) is 1.61. The zero-order chi connectivity index (χ0) is 22.5. The standard InChI is InChI=1S/C19H25F3N2O5S/c1-13(2)14-3-5-16(6-4-14)30(27,28)24-9-7-15(8-10-24)18(26)29-11-17(25)23-12-19(20,21)22/h3-6,13,15H,7-12H2,1-2H3,(H,23,25). The minimum atomic E-state index is -4.55. The Hall–Kier alpha value is -2.14. The Morgan fingerprint density at radius 2 is 1.73 bits per heavy atom. The van der Waals surface area contributed by atoms with Crippen LogP contribution in [0.2, 0.25) is 0 Å². The number of benzene rings is 1. The number of piperidine rings is 1. The van der Waals surface area contributed by atoms with Crippen molar-refractivity contribution in [2.75, 3.05) is 26.2 Å². The van der Waals surface area contributed by atoms with Crippen LogP contribution in [0.4, 0.5) is 13.2 Å². The van der Waals surface area contributed by atoms with E-state index in [9.17, 15) is 31.2 Å². The van der Waals surface area contributed by atoms with Crippen molar-refractivity contribution in [3.05, 3.63) is 29.8 Å². The fourth-order valence-electron chi connectivity index (χ4n) is 3.01. The molecule has 1 N–H and O–H groups in total. The van der Waals surface area contributed by atoms with E-state index in [0.29, 0.717) is 0 Å². The minimum absolute atomic E-state index is 0.105. The van der Waals surface area contributed by atoms with Gasteiger partial charge in [0.05, 0.1) is 10.8 Å². The van der Waals surface area contributed by atoms with Gasteiger partial charge in [-0.25, -0.2) is 8.42 Å². The van der Waals surface area contributed by atoms with Gasteiger partial charge in [0.25, 0.3) is 5.91 Å². The number of ether oxygens (including phenoxy) is 1. The molecule has 1 saturated heterocycles. The van der Waals surface area contributed by atoms with Crippen molar-refractivity contribution in [3.63, 3.8) is 0 Å². The number of nitrogens with zero attached hydrogens (tertiary/aromatic N) is 1. The van der Waals surface area contributed by atoms with E-state index in [1.54, 1.807) is 29.6 Å². The molecule has 1 aliphatic rings. The molecular formula is C19H25F3N2O5S. The van der Waals surface area contributed by atoms with Gasteiger partial charge in [0.1, 0.15) is 6.54 Å². The minimum Gasteiger partial charge on any atom is -0.455 e. The van der Waals surface area contributed by atoms with Crippen LogP contribution in [-0.2, 0) is 24.3 Å². The zero-order valence-electron chi connectivity index (χ0n) is 16.7. The lowest BCUT2D eigenvalue weighted by Gasteiger charge is -2.30. The molecule has 7 nitrogen and oxygen atoms in total. The van der Waals surface area contributed by atoms with Gasteiger partial charge in [0.15, 0.2) is 6.61 Å². The normalized spacial score (nSPS) is 16.5. The molecule has 2 rings (SSSR count). The SMILES string of the molecule is CC(C)c1ccc(S(=O)(=O)N2CCC(C(=O)OCC(=O)NCC(F)(F)F)CC2)cc1. The Bertz CT molecular complexity index is 846. The van der Waals surface area contributed by atoms with E-state index in [2.05, 4.69) is 0 Å². The van der Waals surface area contributed by atoms with Gasteiger partial charge in [-0.3, -0.25) is 9.59 Å². The van der Waals surface area contributed by atoms with Gasteiger partial charge in [-0.15, -0.1) is 0 Å². The third-order valence-electron chi connectivity index (χ3n) is 4.80. The van der Waals surface area contributed by atoms with Gasteiger partial charge >= 0.3 is 12.1 Å². The second-order valence-corrected chi connectivity index (χ2v) is 9.34. The summed E-state index contributed by atoms with van der Waals surface area (Å²) >= 11 is 0. The fourth-order valence-corrected chi connectivity index (χ4v) is 4.48. The Morgan fingerprint density at radius 1 is 1.17 bits per heavy atom. The van der Waals surface area contributed by atoms with E-state index in [4.69, 9.17) is 4.74 Å². The van der Waals surface area contributed by atoms with Crippen LogP contribution >= 0.6 is 0 Å². The zero-order valence-corrected chi connectivity index (χ0v) is 17.6. The number of hydrogen-bond donors (Lipinski definition) is 1. The molecule has 0 saturated carbocycles. The maximum absolute atomic E-state index is 12.8.